The maximum absolute atomic E-state index is 12.6. The van der Waals surface area contributed by atoms with E-state index < -0.39 is 0 Å². The summed E-state index contributed by atoms with van der Waals surface area (Å²) in [5, 5.41) is 14.4. The van der Waals surface area contributed by atoms with Gasteiger partial charge in [-0.15, -0.1) is 10.2 Å². The number of rotatable bonds is 5. The molecule has 0 saturated carbocycles. The third-order valence-electron chi connectivity index (χ3n) is 3.58. The maximum atomic E-state index is 12.6. The highest BCUT2D eigenvalue weighted by atomic mass is 32.1. The van der Waals surface area contributed by atoms with E-state index in [1.807, 2.05) is 36.4 Å². The summed E-state index contributed by atoms with van der Waals surface area (Å²) < 4.78 is 5.38. The van der Waals surface area contributed by atoms with Crippen LogP contribution in [-0.2, 0) is 6.42 Å². The third kappa shape index (κ3) is 3.54. The van der Waals surface area contributed by atoms with Gasteiger partial charge in [0.1, 0.15) is 10.8 Å². The van der Waals surface area contributed by atoms with Crippen molar-refractivity contribution >= 4 is 33.1 Å². The van der Waals surface area contributed by atoms with Crippen molar-refractivity contribution in [2.45, 2.75) is 20.3 Å². The third-order valence-corrected chi connectivity index (χ3v) is 4.44. The van der Waals surface area contributed by atoms with Crippen LogP contribution < -0.4 is 10.1 Å². The van der Waals surface area contributed by atoms with Crippen molar-refractivity contribution in [3.05, 3.63) is 47.0 Å². The van der Waals surface area contributed by atoms with Gasteiger partial charge in [0.15, 0.2) is 0 Å². The summed E-state index contributed by atoms with van der Waals surface area (Å²) in [6.07, 6.45) is 0.854. The van der Waals surface area contributed by atoms with Gasteiger partial charge in [-0.25, -0.2) is 0 Å². The van der Waals surface area contributed by atoms with E-state index in [-0.39, 0.29) is 5.91 Å². The SMILES string of the molecule is COc1cc2ccccc2cc1C(=O)Nc1nnc(CC(C)C)s1. The van der Waals surface area contributed by atoms with Crippen LogP contribution in [0.3, 0.4) is 0 Å². The van der Waals surface area contributed by atoms with Crippen molar-refractivity contribution in [1.82, 2.24) is 10.2 Å². The molecule has 0 saturated heterocycles. The molecular weight excluding hydrogens is 322 g/mol. The first-order valence-electron chi connectivity index (χ1n) is 7.77. The molecule has 124 valence electrons. The van der Waals surface area contributed by atoms with E-state index in [4.69, 9.17) is 4.74 Å². The summed E-state index contributed by atoms with van der Waals surface area (Å²) in [7, 11) is 1.56. The molecule has 0 spiro atoms. The minimum Gasteiger partial charge on any atom is -0.496 e. The Morgan fingerprint density at radius 1 is 1.21 bits per heavy atom. The van der Waals surface area contributed by atoms with Crippen LogP contribution in [0, 0.1) is 5.92 Å². The van der Waals surface area contributed by atoms with Crippen molar-refractivity contribution in [3.8, 4) is 5.75 Å². The van der Waals surface area contributed by atoms with Crippen molar-refractivity contribution in [2.24, 2.45) is 5.92 Å². The number of carbonyl (C=O) groups is 1. The van der Waals surface area contributed by atoms with E-state index in [0.717, 1.165) is 22.2 Å². The lowest BCUT2D eigenvalue weighted by Gasteiger charge is -2.09. The zero-order valence-corrected chi connectivity index (χ0v) is 14.7. The highest BCUT2D eigenvalue weighted by Crippen LogP contribution is 2.27. The number of aromatic nitrogens is 2. The van der Waals surface area contributed by atoms with E-state index in [2.05, 4.69) is 29.4 Å². The highest BCUT2D eigenvalue weighted by Gasteiger charge is 2.16. The lowest BCUT2D eigenvalue weighted by molar-refractivity contribution is 0.102. The number of methoxy groups -OCH3 is 1. The molecular formula is C18H19N3O2S. The summed E-state index contributed by atoms with van der Waals surface area (Å²) in [5.74, 6) is 0.796. The molecule has 24 heavy (non-hydrogen) atoms. The molecule has 0 radical (unpaired) electrons. The minimum atomic E-state index is -0.246. The summed E-state index contributed by atoms with van der Waals surface area (Å²) in [6, 6.07) is 11.6. The summed E-state index contributed by atoms with van der Waals surface area (Å²) in [5.41, 5.74) is 0.483. The van der Waals surface area contributed by atoms with Crippen molar-refractivity contribution in [2.75, 3.05) is 12.4 Å². The number of amides is 1. The van der Waals surface area contributed by atoms with Gasteiger partial charge < -0.3 is 4.74 Å². The fourth-order valence-electron chi connectivity index (χ4n) is 2.47. The van der Waals surface area contributed by atoms with Gasteiger partial charge in [-0.1, -0.05) is 49.4 Å². The van der Waals surface area contributed by atoms with Crippen LogP contribution in [0.4, 0.5) is 5.13 Å². The van der Waals surface area contributed by atoms with Crippen LogP contribution >= 0.6 is 11.3 Å². The first-order chi connectivity index (χ1) is 11.6. The van der Waals surface area contributed by atoms with Crippen LogP contribution in [0.1, 0.15) is 29.2 Å². The summed E-state index contributed by atoms with van der Waals surface area (Å²) >= 11 is 1.41. The molecule has 1 amide bonds. The van der Waals surface area contributed by atoms with E-state index in [9.17, 15) is 4.79 Å². The summed E-state index contributed by atoms with van der Waals surface area (Å²) in [4.78, 5) is 12.6. The molecule has 1 aromatic heterocycles. The average Bonchev–Trinajstić information content (AvgIpc) is 2.99. The average molecular weight is 341 g/mol. The molecule has 6 heteroatoms. The van der Waals surface area contributed by atoms with E-state index in [1.54, 1.807) is 7.11 Å². The Balaban J connectivity index is 1.86. The van der Waals surface area contributed by atoms with Gasteiger partial charge in [0.25, 0.3) is 5.91 Å². The number of hydrogen-bond acceptors (Lipinski definition) is 5. The Hall–Kier alpha value is -2.47. The zero-order chi connectivity index (χ0) is 17.1. The Bertz CT molecular complexity index is 874. The van der Waals surface area contributed by atoms with Crippen LogP contribution in [0.2, 0.25) is 0 Å². The van der Waals surface area contributed by atoms with E-state index in [1.165, 1.54) is 11.3 Å². The normalized spacial score (nSPS) is 11.0. The number of hydrogen-bond donors (Lipinski definition) is 1. The number of benzene rings is 2. The van der Waals surface area contributed by atoms with Gasteiger partial charge >= 0.3 is 0 Å². The second kappa shape index (κ2) is 6.97. The van der Waals surface area contributed by atoms with E-state index >= 15 is 0 Å². The molecule has 1 heterocycles. The Morgan fingerprint density at radius 3 is 2.58 bits per heavy atom. The van der Waals surface area contributed by atoms with Crippen LogP contribution in [0.15, 0.2) is 36.4 Å². The van der Waals surface area contributed by atoms with Crippen LogP contribution in [0.25, 0.3) is 10.8 Å². The van der Waals surface area contributed by atoms with Gasteiger partial charge in [-0.3, -0.25) is 10.1 Å². The Kier molecular flexibility index (Phi) is 4.76. The summed E-state index contributed by atoms with van der Waals surface area (Å²) in [6.45, 7) is 4.25. The maximum Gasteiger partial charge on any atom is 0.261 e. The second-order valence-corrected chi connectivity index (χ2v) is 7.01. The molecule has 0 aliphatic heterocycles. The lowest BCUT2D eigenvalue weighted by atomic mass is 10.1. The molecule has 0 unspecified atom stereocenters. The molecule has 0 bridgehead atoms. The fourth-order valence-corrected chi connectivity index (χ4v) is 3.41. The number of nitrogens with one attached hydrogen (secondary N) is 1. The standard InChI is InChI=1S/C18H19N3O2S/c1-11(2)8-16-20-21-18(24-16)19-17(22)14-9-12-6-4-5-7-13(12)10-15(14)23-3/h4-7,9-11H,8H2,1-3H3,(H,19,21,22). The van der Waals surface area contributed by atoms with Crippen LogP contribution in [0.5, 0.6) is 5.75 Å². The van der Waals surface area contributed by atoms with E-state index in [0.29, 0.717) is 22.4 Å². The zero-order valence-electron chi connectivity index (χ0n) is 13.9. The number of nitrogens with zero attached hydrogens (tertiary/aromatic N) is 2. The molecule has 0 aliphatic rings. The van der Waals surface area contributed by atoms with Gasteiger partial charge in [0, 0.05) is 6.42 Å². The molecule has 2 aromatic carbocycles. The predicted octanol–water partition coefficient (Wildman–Crippen LogP) is 4.15. The number of carbonyl (C=O) groups excluding carboxylic acids is 1. The number of ether oxygens (including phenoxy) is 1. The second-order valence-electron chi connectivity index (χ2n) is 5.95. The molecule has 3 rings (SSSR count). The number of fused-ring (bicyclic) bond motifs is 1. The lowest BCUT2D eigenvalue weighted by Crippen LogP contribution is -2.13. The smallest absolute Gasteiger partial charge is 0.261 e. The molecule has 1 N–H and O–H groups in total. The van der Waals surface area contributed by atoms with Gasteiger partial charge in [-0.2, -0.15) is 0 Å². The van der Waals surface area contributed by atoms with Gasteiger partial charge in [0.2, 0.25) is 5.13 Å². The minimum absolute atomic E-state index is 0.246. The van der Waals surface area contributed by atoms with Gasteiger partial charge in [0.05, 0.1) is 12.7 Å². The van der Waals surface area contributed by atoms with Crippen molar-refractivity contribution < 1.29 is 9.53 Å². The molecule has 0 atom stereocenters. The Morgan fingerprint density at radius 2 is 1.92 bits per heavy atom. The Labute approximate surface area is 144 Å². The topological polar surface area (TPSA) is 64.1 Å². The largest absolute Gasteiger partial charge is 0.496 e. The van der Waals surface area contributed by atoms with Crippen molar-refractivity contribution in [3.63, 3.8) is 0 Å². The fraction of sp³-hybridized carbons (Fsp3) is 0.278. The molecule has 3 aromatic rings. The van der Waals surface area contributed by atoms with Gasteiger partial charge in [-0.05, 0) is 28.8 Å². The molecule has 0 aliphatic carbocycles. The van der Waals surface area contributed by atoms with Crippen molar-refractivity contribution in [1.29, 1.82) is 0 Å². The monoisotopic (exact) mass is 341 g/mol. The highest BCUT2D eigenvalue weighted by molar-refractivity contribution is 7.15. The van der Waals surface area contributed by atoms with Crippen LogP contribution in [-0.4, -0.2) is 23.2 Å². The molecule has 0 fully saturated rings. The number of anilines is 1. The predicted molar refractivity (Wildman–Crippen MR) is 96.9 cm³/mol. The quantitative estimate of drug-likeness (QED) is 0.757. The molecule has 5 nitrogen and oxygen atoms in total. The first kappa shape index (κ1) is 16.4. The first-order valence-corrected chi connectivity index (χ1v) is 8.59.